The third kappa shape index (κ3) is 3.14. The monoisotopic (exact) mass is 296 g/mol. The molecule has 0 radical (unpaired) electrons. The Kier molecular flexibility index (Phi) is 4.05. The second-order valence-corrected chi connectivity index (χ2v) is 5.81. The third-order valence-corrected chi connectivity index (χ3v) is 3.74. The van der Waals surface area contributed by atoms with Gasteiger partial charge in [0.25, 0.3) is 0 Å². The summed E-state index contributed by atoms with van der Waals surface area (Å²) in [7, 11) is -3.69. The minimum atomic E-state index is -3.69. The lowest BCUT2D eigenvalue weighted by molar-refractivity contribution is 0.285. The largest absolute Gasteiger partial charge is 0.485 e. The van der Waals surface area contributed by atoms with Crippen LogP contribution in [0.3, 0.4) is 0 Å². The molecule has 0 bridgehead atoms. The van der Waals surface area contributed by atoms with Crippen LogP contribution in [-0.4, -0.2) is 23.2 Å². The highest BCUT2D eigenvalue weighted by Gasteiger charge is 2.11. The van der Waals surface area contributed by atoms with Crippen LogP contribution in [0.4, 0.5) is 0 Å². The molecule has 0 aliphatic rings. The lowest BCUT2D eigenvalue weighted by Crippen LogP contribution is -2.12. The fourth-order valence-corrected chi connectivity index (χ4v) is 2.37. The van der Waals surface area contributed by atoms with Gasteiger partial charge in [-0.2, -0.15) is 5.10 Å². The SMILES string of the molecule is CCn1ncnc1COc1ccc(S(N)(=O)=O)cc1C. The summed E-state index contributed by atoms with van der Waals surface area (Å²) in [5, 5.41) is 9.12. The molecule has 1 heterocycles. The maximum Gasteiger partial charge on any atom is 0.238 e. The van der Waals surface area contributed by atoms with E-state index in [9.17, 15) is 8.42 Å². The van der Waals surface area contributed by atoms with Gasteiger partial charge in [-0.3, -0.25) is 0 Å². The summed E-state index contributed by atoms with van der Waals surface area (Å²) < 4.78 is 29.8. The first-order valence-electron chi connectivity index (χ1n) is 6.04. The Hall–Kier alpha value is -1.93. The van der Waals surface area contributed by atoms with E-state index in [0.717, 1.165) is 0 Å². The molecule has 7 nitrogen and oxygen atoms in total. The minimum Gasteiger partial charge on any atom is -0.485 e. The standard InChI is InChI=1S/C12H16N4O3S/c1-3-16-12(14-8-15-16)7-19-11-5-4-10(6-9(11)2)20(13,17)18/h4-6,8H,3,7H2,1-2H3,(H2,13,17,18). The summed E-state index contributed by atoms with van der Waals surface area (Å²) in [5.74, 6) is 1.30. The van der Waals surface area contributed by atoms with Crippen LogP contribution in [0.2, 0.25) is 0 Å². The highest BCUT2D eigenvalue weighted by Crippen LogP contribution is 2.21. The molecule has 20 heavy (non-hydrogen) atoms. The molecular weight excluding hydrogens is 280 g/mol. The molecular formula is C12H16N4O3S. The summed E-state index contributed by atoms with van der Waals surface area (Å²) in [5.41, 5.74) is 0.694. The Labute approximate surface area is 117 Å². The van der Waals surface area contributed by atoms with E-state index < -0.39 is 10.0 Å². The number of sulfonamides is 1. The first-order chi connectivity index (χ1) is 9.41. The van der Waals surface area contributed by atoms with Crippen molar-refractivity contribution >= 4 is 10.0 Å². The number of aryl methyl sites for hydroxylation is 2. The molecule has 2 aromatic rings. The Balaban J connectivity index is 2.15. The molecule has 1 aromatic carbocycles. The predicted octanol–water partition coefficient (Wildman–Crippen LogP) is 0.833. The number of ether oxygens (including phenoxy) is 1. The van der Waals surface area contributed by atoms with E-state index in [2.05, 4.69) is 10.1 Å². The molecule has 8 heteroatoms. The zero-order valence-corrected chi connectivity index (χ0v) is 12.1. The Bertz CT molecular complexity index is 709. The topological polar surface area (TPSA) is 100 Å². The molecule has 2 N–H and O–H groups in total. The zero-order valence-electron chi connectivity index (χ0n) is 11.3. The average Bonchev–Trinajstić information content (AvgIpc) is 2.83. The van der Waals surface area contributed by atoms with E-state index in [1.165, 1.54) is 18.5 Å². The summed E-state index contributed by atoms with van der Waals surface area (Å²) in [6, 6.07) is 4.49. The number of hydrogen-bond donors (Lipinski definition) is 1. The number of nitrogens with two attached hydrogens (primary N) is 1. The Morgan fingerprint density at radius 1 is 1.40 bits per heavy atom. The molecule has 0 aliphatic carbocycles. The van der Waals surface area contributed by atoms with Crippen molar-refractivity contribution < 1.29 is 13.2 Å². The highest BCUT2D eigenvalue weighted by molar-refractivity contribution is 7.89. The number of rotatable bonds is 5. The van der Waals surface area contributed by atoms with Crippen molar-refractivity contribution in [3.05, 3.63) is 35.9 Å². The van der Waals surface area contributed by atoms with E-state index in [1.54, 1.807) is 17.7 Å². The lowest BCUT2D eigenvalue weighted by atomic mass is 10.2. The van der Waals surface area contributed by atoms with Crippen LogP contribution in [0.1, 0.15) is 18.3 Å². The van der Waals surface area contributed by atoms with Gasteiger partial charge in [-0.15, -0.1) is 0 Å². The van der Waals surface area contributed by atoms with Crippen molar-refractivity contribution in [1.82, 2.24) is 14.8 Å². The van der Waals surface area contributed by atoms with Crippen LogP contribution < -0.4 is 9.88 Å². The van der Waals surface area contributed by atoms with Crippen molar-refractivity contribution in [2.24, 2.45) is 5.14 Å². The van der Waals surface area contributed by atoms with Crippen LogP contribution in [0.15, 0.2) is 29.4 Å². The molecule has 1 aromatic heterocycles. The summed E-state index contributed by atoms with van der Waals surface area (Å²) >= 11 is 0. The fourth-order valence-electron chi connectivity index (χ4n) is 1.77. The second-order valence-electron chi connectivity index (χ2n) is 4.25. The number of nitrogens with zero attached hydrogens (tertiary/aromatic N) is 3. The first-order valence-corrected chi connectivity index (χ1v) is 7.59. The Morgan fingerprint density at radius 3 is 2.75 bits per heavy atom. The number of primary sulfonamides is 1. The lowest BCUT2D eigenvalue weighted by Gasteiger charge is -2.10. The van der Waals surface area contributed by atoms with Crippen molar-refractivity contribution in [1.29, 1.82) is 0 Å². The predicted molar refractivity (Wildman–Crippen MR) is 72.6 cm³/mol. The van der Waals surface area contributed by atoms with Gasteiger partial charge < -0.3 is 4.74 Å². The minimum absolute atomic E-state index is 0.0686. The normalized spacial score (nSPS) is 11.6. The summed E-state index contributed by atoms with van der Waals surface area (Å²) in [6.07, 6.45) is 1.47. The van der Waals surface area contributed by atoms with E-state index in [4.69, 9.17) is 9.88 Å². The van der Waals surface area contributed by atoms with Gasteiger partial charge >= 0.3 is 0 Å². The van der Waals surface area contributed by atoms with Crippen LogP contribution in [0.25, 0.3) is 0 Å². The third-order valence-electron chi connectivity index (χ3n) is 2.83. The highest BCUT2D eigenvalue weighted by atomic mass is 32.2. The molecule has 0 spiro atoms. The summed E-state index contributed by atoms with van der Waals surface area (Å²) in [4.78, 5) is 4.17. The van der Waals surface area contributed by atoms with Gasteiger partial charge in [0, 0.05) is 6.54 Å². The van der Waals surface area contributed by atoms with E-state index in [1.807, 2.05) is 6.92 Å². The van der Waals surface area contributed by atoms with Gasteiger partial charge in [0.05, 0.1) is 4.90 Å². The average molecular weight is 296 g/mol. The molecule has 0 amide bonds. The smallest absolute Gasteiger partial charge is 0.238 e. The van der Waals surface area contributed by atoms with Gasteiger partial charge in [0.2, 0.25) is 10.0 Å². The quantitative estimate of drug-likeness (QED) is 0.881. The molecule has 0 unspecified atom stereocenters. The molecule has 2 rings (SSSR count). The molecule has 0 saturated heterocycles. The fraction of sp³-hybridized carbons (Fsp3) is 0.333. The molecule has 0 atom stereocenters. The van der Waals surface area contributed by atoms with E-state index in [-0.39, 0.29) is 11.5 Å². The van der Waals surface area contributed by atoms with Gasteiger partial charge in [-0.05, 0) is 37.6 Å². The molecule has 0 aliphatic heterocycles. The van der Waals surface area contributed by atoms with E-state index >= 15 is 0 Å². The first kappa shape index (κ1) is 14.5. The summed E-state index contributed by atoms with van der Waals surface area (Å²) in [6.45, 7) is 4.70. The van der Waals surface area contributed by atoms with Gasteiger partial charge in [0.15, 0.2) is 5.82 Å². The Morgan fingerprint density at radius 2 is 2.15 bits per heavy atom. The number of aromatic nitrogens is 3. The van der Waals surface area contributed by atoms with Crippen molar-refractivity contribution in [3.63, 3.8) is 0 Å². The molecule has 0 fully saturated rings. The van der Waals surface area contributed by atoms with Crippen LogP contribution >= 0.6 is 0 Å². The maximum absolute atomic E-state index is 11.2. The maximum atomic E-state index is 11.2. The van der Waals surface area contributed by atoms with Crippen LogP contribution in [-0.2, 0) is 23.2 Å². The van der Waals surface area contributed by atoms with Crippen molar-refractivity contribution in [2.45, 2.75) is 31.9 Å². The van der Waals surface area contributed by atoms with Crippen LogP contribution in [0.5, 0.6) is 5.75 Å². The van der Waals surface area contributed by atoms with Crippen molar-refractivity contribution in [3.8, 4) is 5.75 Å². The van der Waals surface area contributed by atoms with Crippen molar-refractivity contribution in [2.75, 3.05) is 0 Å². The van der Waals surface area contributed by atoms with Crippen LogP contribution in [0, 0.1) is 6.92 Å². The van der Waals surface area contributed by atoms with Gasteiger partial charge in [0.1, 0.15) is 18.7 Å². The number of benzene rings is 1. The van der Waals surface area contributed by atoms with Gasteiger partial charge in [-0.1, -0.05) is 0 Å². The molecule has 108 valence electrons. The van der Waals surface area contributed by atoms with Gasteiger partial charge in [-0.25, -0.2) is 23.2 Å². The number of hydrogen-bond acceptors (Lipinski definition) is 5. The molecule has 0 saturated carbocycles. The van der Waals surface area contributed by atoms with E-state index in [0.29, 0.717) is 23.7 Å². The second kappa shape index (κ2) is 5.59. The zero-order chi connectivity index (χ0) is 14.8.